The summed E-state index contributed by atoms with van der Waals surface area (Å²) in [7, 11) is 3.49. The van der Waals surface area contributed by atoms with Crippen molar-refractivity contribution in [1.29, 1.82) is 0 Å². The van der Waals surface area contributed by atoms with Crippen molar-refractivity contribution in [3.05, 3.63) is 52.2 Å². The van der Waals surface area contributed by atoms with Crippen molar-refractivity contribution >= 4 is 28.8 Å². The highest BCUT2D eigenvalue weighted by Gasteiger charge is 2.08. The van der Waals surface area contributed by atoms with Gasteiger partial charge in [0.25, 0.3) is 5.91 Å². The Labute approximate surface area is 134 Å². The molecule has 0 aliphatic rings. The number of nitrogens with one attached hydrogen (secondary N) is 2. The van der Waals surface area contributed by atoms with Crippen LogP contribution in [0.2, 0.25) is 0 Å². The molecular formula is C16H19N3O2S. The van der Waals surface area contributed by atoms with Gasteiger partial charge in [-0.1, -0.05) is 0 Å². The standard InChI is InChI=1S/C16H19N3O2S/c1-17-16(21)13-3-5-14(6-4-13)18-15(20)10-19(2)9-12-7-8-22-11-12/h3-8,11H,9-10H2,1-2H3,(H,17,21)(H,18,20). The first kappa shape index (κ1) is 16.2. The monoisotopic (exact) mass is 317 g/mol. The Morgan fingerprint density at radius 1 is 1.18 bits per heavy atom. The summed E-state index contributed by atoms with van der Waals surface area (Å²) in [6.07, 6.45) is 0. The summed E-state index contributed by atoms with van der Waals surface area (Å²) >= 11 is 1.65. The van der Waals surface area contributed by atoms with Crippen molar-refractivity contribution in [2.45, 2.75) is 6.54 Å². The molecule has 0 fully saturated rings. The predicted octanol–water partition coefficient (Wildman–Crippen LogP) is 2.18. The Morgan fingerprint density at radius 3 is 2.50 bits per heavy atom. The van der Waals surface area contributed by atoms with Gasteiger partial charge < -0.3 is 10.6 Å². The molecule has 0 aliphatic heterocycles. The molecule has 2 rings (SSSR count). The van der Waals surface area contributed by atoms with Crippen molar-refractivity contribution < 1.29 is 9.59 Å². The molecule has 22 heavy (non-hydrogen) atoms. The minimum Gasteiger partial charge on any atom is -0.355 e. The van der Waals surface area contributed by atoms with Crippen LogP contribution in [-0.2, 0) is 11.3 Å². The first-order chi connectivity index (χ1) is 10.6. The van der Waals surface area contributed by atoms with E-state index < -0.39 is 0 Å². The molecule has 1 aromatic heterocycles. The van der Waals surface area contributed by atoms with Crippen LogP contribution in [0.5, 0.6) is 0 Å². The summed E-state index contributed by atoms with van der Waals surface area (Å²) in [5, 5.41) is 9.48. The third-order valence-corrected chi connectivity index (χ3v) is 3.84. The Morgan fingerprint density at radius 2 is 1.91 bits per heavy atom. The van der Waals surface area contributed by atoms with E-state index in [0.29, 0.717) is 17.8 Å². The number of hydrogen-bond donors (Lipinski definition) is 2. The Balaban J connectivity index is 1.85. The van der Waals surface area contributed by atoms with Crippen LogP contribution in [0, 0.1) is 0 Å². The first-order valence-electron chi connectivity index (χ1n) is 6.90. The lowest BCUT2D eigenvalue weighted by atomic mass is 10.2. The molecule has 5 nitrogen and oxygen atoms in total. The number of likely N-dealkylation sites (N-methyl/N-ethyl adjacent to an activating group) is 1. The van der Waals surface area contributed by atoms with Crippen LogP contribution in [0.25, 0.3) is 0 Å². The lowest BCUT2D eigenvalue weighted by Gasteiger charge is -2.15. The van der Waals surface area contributed by atoms with E-state index in [2.05, 4.69) is 22.1 Å². The van der Waals surface area contributed by atoms with Gasteiger partial charge in [-0.25, -0.2) is 0 Å². The van der Waals surface area contributed by atoms with Crippen LogP contribution >= 0.6 is 11.3 Å². The number of carbonyl (C=O) groups excluding carboxylic acids is 2. The molecule has 0 bridgehead atoms. The van der Waals surface area contributed by atoms with Crippen molar-refractivity contribution in [2.24, 2.45) is 0 Å². The average molecular weight is 317 g/mol. The van der Waals surface area contributed by atoms with Crippen molar-refractivity contribution in [3.8, 4) is 0 Å². The quantitative estimate of drug-likeness (QED) is 0.858. The maximum Gasteiger partial charge on any atom is 0.251 e. The number of carbonyl (C=O) groups is 2. The number of benzene rings is 1. The summed E-state index contributed by atoms with van der Waals surface area (Å²) in [6, 6.07) is 8.87. The van der Waals surface area contributed by atoms with E-state index in [1.807, 2.05) is 17.3 Å². The topological polar surface area (TPSA) is 61.4 Å². The van der Waals surface area contributed by atoms with Crippen LogP contribution in [0.1, 0.15) is 15.9 Å². The normalized spacial score (nSPS) is 10.5. The third kappa shape index (κ3) is 4.68. The van der Waals surface area contributed by atoms with E-state index in [-0.39, 0.29) is 11.8 Å². The second-order valence-electron chi connectivity index (χ2n) is 5.01. The molecule has 0 unspecified atom stereocenters. The minimum absolute atomic E-state index is 0.0783. The first-order valence-corrected chi connectivity index (χ1v) is 7.84. The van der Waals surface area contributed by atoms with Crippen molar-refractivity contribution in [3.63, 3.8) is 0 Å². The smallest absolute Gasteiger partial charge is 0.251 e. The fourth-order valence-corrected chi connectivity index (χ4v) is 2.70. The number of hydrogen-bond acceptors (Lipinski definition) is 4. The summed E-state index contributed by atoms with van der Waals surface area (Å²) in [5.41, 5.74) is 2.45. The molecule has 0 aliphatic carbocycles. The van der Waals surface area contributed by atoms with Gasteiger partial charge in [0.15, 0.2) is 0 Å². The molecule has 0 radical (unpaired) electrons. The zero-order chi connectivity index (χ0) is 15.9. The Bertz CT molecular complexity index is 623. The maximum absolute atomic E-state index is 12.0. The van der Waals surface area contributed by atoms with E-state index >= 15 is 0 Å². The molecule has 116 valence electrons. The second kappa shape index (κ2) is 7.72. The van der Waals surface area contributed by atoms with E-state index in [9.17, 15) is 9.59 Å². The average Bonchev–Trinajstić information content (AvgIpc) is 2.99. The summed E-state index contributed by atoms with van der Waals surface area (Å²) in [5.74, 6) is -0.223. The summed E-state index contributed by atoms with van der Waals surface area (Å²) in [4.78, 5) is 25.4. The van der Waals surface area contributed by atoms with Crippen LogP contribution in [0.15, 0.2) is 41.1 Å². The zero-order valence-electron chi connectivity index (χ0n) is 12.6. The highest BCUT2D eigenvalue weighted by Crippen LogP contribution is 2.11. The van der Waals surface area contributed by atoms with E-state index in [1.165, 1.54) is 5.56 Å². The Hall–Kier alpha value is -2.18. The summed E-state index contributed by atoms with van der Waals surface area (Å²) in [6.45, 7) is 1.06. The largest absolute Gasteiger partial charge is 0.355 e. The molecule has 0 saturated carbocycles. The number of nitrogens with zero attached hydrogens (tertiary/aromatic N) is 1. The Kier molecular flexibility index (Phi) is 5.68. The van der Waals surface area contributed by atoms with Crippen molar-refractivity contribution in [1.82, 2.24) is 10.2 Å². The highest BCUT2D eigenvalue weighted by molar-refractivity contribution is 7.07. The van der Waals surface area contributed by atoms with E-state index in [4.69, 9.17) is 0 Å². The lowest BCUT2D eigenvalue weighted by molar-refractivity contribution is -0.117. The number of amides is 2. The van der Waals surface area contributed by atoms with Crippen LogP contribution in [0.3, 0.4) is 0 Å². The molecule has 2 aromatic rings. The van der Waals surface area contributed by atoms with Gasteiger partial charge in [-0.2, -0.15) is 11.3 Å². The van der Waals surface area contributed by atoms with Crippen LogP contribution in [0.4, 0.5) is 5.69 Å². The molecule has 1 aromatic carbocycles. The van der Waals surface area contributed by atoms with Gasteiger partial charge in [0.1, 0.15) is 0 Å². The van der Waals surface area contributed by atoms with Gasteiger partial charge in [-0.05, 0) is 53.7 Å². The third-order valence-electron chi connectivity index (χ3n) is 3.10. The number of thiophene rings is 1. The molecule has 2 N–H and O–H groups in total. The second-order valence-corrected chi connectivity index (χ2v) is 5.79. The SMILES string of the molecule is CNC(=O)c1ccc(NC(=O)CN(C)Cc2ccsc2)cc1. The summed E-state index contributed by atoms with van der Waals surface area (Å²) < 4.78 is 0. The van der Waals surface area contributed by atoms with Crippen LogP contribution in [-0.4, -0.2) is 37.4 Å². The van der Waals surface area contributed by atoms with Gasteiger partial charge in [0.05, 0.1) is 6.54 Å². The van der Waals surface area contributed by atoms with E-state index in [1.54, 1.807) is 42.6 Å². The molecular weight excluding hydrogens is 298 g/mol. The molecule has 0 spiro atoms. The fourth-order valence-electron chi connectivity index (χ4n) is 2.05. The highest BCUT2D eigenvalue weighted by atomic mass is 32.1. The minimum atomic E-state index is -0.145. The van der Waals surface area contributed by atoms with Crippen LogP contribution < -0.4 is 10.6 Å². The molecule has 6 heteroatoms. The maximum atomic E-state index is 12.0. The van der Waals surface area contributed by atoms with Gasteiger partial charge in [-0.3, -0.25) is 14.5 Å². The molecule has 0 saturated heterocycles. The van der Waals surface area contributed by atoms with Crippen molar-refractivity contribution in [2.75, 3.05) is 26.0 Å². The molecule has 2 amide bonds. The number of rotatable bonds is 6. The molecule has 0 atom stereocenters. The zero-order valence-corrected chi connectivity index (χ0v) is 13.4. The van der Waals surface area contributed by atoms with E-state index in [0.717, 1.165) is 6.54 Å². The van der Waals surface area contributed by atoms with Gasteiger partial charge in [0, 0.05) is 24.8 Å². The fraction of sp³-hybridized carbons (Fsp3) is 0.250. The van der Waals surface area contributed by atoms with Gasteiger partial charge >= 0.3 is 0 Å². The lowest BCUT2D eigenvalue weighted by Crippen LogP contribution is -2.29. The predicted molar refractivity (Wildman–Crippen MR) is 89.1 cm³/mol. The van der Waals surface area contributed by atoms with Gasteiger partial charge in [0.2, 0.25) is 5.91 Å². The van der Waals surface area contributed by atoms with Gasteiger partial charge in [-0.15, -0.1) is 0 Å². The molecule has 1 heterocycles. The number of anilines is 1.